The van der Waals surface area contributed by atoms with Crippen molar-refractivity contribution in [3.05, 3.63) is 40.0 Å². The Morgan fingerprint density at radius 3 is 1.74 bits per heavy atom. The number of fused-ring (bicyclic) bond motifs is 1. The highest BCUT2D eigenvalue weighted by Crippen LogP contribution is 2.73. The van der Waals surface area contributed by atoms with Gasteiger partial charge in [-0.2, -0.15) is 0 Å². The summed E-state index contributed by atoms with van der Waals surface area (Å²) in [6, 6.07) is 4.77. The third kappa shape index (κ3) is 3.15. The minimum atomic E-state index is -0.0192. The quantitative estimate of drug-likeness (QED) is 0.460. The van der Waals surface area contributed by atoms with Crippen molar-refractivity contribution in [1.29, 1.82) is 0 Å². The van der Waals surface area contributed by atoms with Crippen molar-refractivity contribution in [1.82, 2.24) is 0 Å². The molecule has 0 aliphatic heterocycles. The molecule has 0 nitrogen and oxygen atoms in total. The highest BCUT2D eigenvalue weighted by atomic mass is 31.1. The molecule has 1 aromatic rings. The molecule has 2 fully saturated rings. The van der Waals surface area contributed by atoms with E-state index in [0.29, 0.717) is 5.16 Å². The first-order valence-electron chi connectivity index (χ1n) is 11.5. The van der Waals surface area contributed by atoms with Crippen LogP contribution in [0.5, 0.6) is 0 Å². The summed E-state index contributed by atoms with van der Waals surface area (Å²) in [6.07, 6.45) is 14.9. The van der Waals surface area contributed by atoms with E-state index < -0.39 is 0 Å². The van der Waals surface area contributed by atoms with Gasteiger partial charge in [-0.25, -0.2) is 0 Å². The number of hydrogen-bond donors (Lipinski definition) is 0. The molecular weight excluding hydrogens is 343 g/mol. The van der Waals surface area contributed by atoms with Crippen molar-refractivity contribution in [3.8, 4) is 0 Å². The van der Waals surface area contributed by atoms with Gasteiger partial charge in [0.05, 0.1) is 0 Å². The third-order valence-corrected chi connectivity index (χ3v) is 12.4. The Morgan fingerprint density at radius 1 is 0.741 bits per heavy atom. The molecule has 0 amide bonds. The minimum absolute atomic E-state index is 0.0192. The summed E-state index contributed by atoms with van der Waals surface area (Å²) in [6.45, 7) is 12.3. The number of benzene rings is 1. The van der Waals surface area contributed by atoms with Gasteiger partial charge in [0.15, 0.2) is 0 Å². The first kappa shape index (κ1) is 19.7. The van der Waals surface area contributed by atoms with Crippen LogP contribution >= 0.6 is 7.92 Å². The highest BCUT2D eigenvalue weighted by Gasteiger charge is 2.50. The maximum atomic E-state index is 2.68. The molecule has 0 heterocycles. The normalized spacial score (nSPS) is 27.5. The van der Waals surface area contributed by atoms with Crippen molar-refractivity contribution in [3.63, 3.8) is 0 Å². The van der Waals surface area contributed by atoms with Gasteiger partial charge in [-0.15, -0.1) is 0 Å². The number of rotatable bonds is 3. The van der Waals surface area contributed by atoms with Crippen molar-refractivity contribution >= 4 is 13.5 Å². The van der Waals surface area contributed by atoms with E-state index in [9.17, 15) is 0 Å². The van der Waals surface area contributed by atoms with Crippen LogP contribution in [0.2, 0.25) is 0 Å². The molecule has 0 aromatic heterocycles. The molecule has 3 aliphatic carbocycles. The van der Waals surface area contributed by atoms with E-state index in [1.165, 1.54) is 69.8 Å². The molecule has 1 atom stereocenters. The molecule has 2 saturated carbocycles. The lowest BCUT2D eigenvalue weighted by molar-refractivity contribution is 0.476. The fraction of sp³-hybridized carbons (Fsp3) is 0.692. The van der Waals surface area contributed by atoms with Gasteiger partial charge in [0.2, 0.25) is 0 Å². The Kier molecular flexibility index (Phi) is 5.59. The summed E-state index contributed by atoms with van der Waals surface area (Å²) in [4.78, 5) is 0. The summed E-state index contributed by atoms with van der Waals surface area (Å²) in [5.74, 6) is 0. The minimum Gasteiger partial charge on any atom is -0.0853 e. The molecule has 0 bridgehead atoms. The number of aryl methyl sites for hydroxylation is 2. The summed E-state index contributed by atoms with van der Waals surface area (Å²) in [5.41, 5.74) is 11.7. The van der Waals surface area contributed by atoms with Crippen molar-refractivity contribution in [2.24, 2.45) is 0 Å². The number of allylic oxidation sites excluding steroid dienone is 2. The van der Waals surface area contributed by atoms with Crippen LogP contribution in [-0.2, 0) is 5.16 Å². The first-order chi connectivity index (χ1) is 13.0. The van der Waals surface area contributed by atoms with Crippen molar-refractivity contribution < 1.29 is 0 Å². The average molecular weight is 383 g/mol. The van der Waals surface area contributed by atoms with Crippen molar-refractivity contribution in [2.75, 3.05) is 0 Å². The maximum Gasteiger partial charge on any atom is 0.0350 e. The predicted molar refractivity (Wildman–Crippen MR) is 122 cm³/mol. The Hall–Kier alpha value is -0.610. The molecule has 1 heteroatoms. The van der Waals surface area contributed by atoms with Crippen molar-refractivity contribution in [2.45, 2.75) is 115 Å². The lowest BCUT2D eigenvalue weighted by atomic mass is 9.91. The van der Waals surface area contributed by atoms with Gasteiger partial charge in [0.25, 0.3) is 0 Å². The SMILES string of the molecule is CC1=C(C)C(C)(P(C2CCCCC2)C2CCCCC2)c2c(C)ccc(C)c21. The van der Waals surface area contributed by atoms with Crippen LogP contribution in [0.15, 0.2) is 17.7 Å². The first-order valence-corrected chi connectivity index (χ1v) is 13.0. The van der Waals surface area contributed by atoms with Crippen LogP contribution in [0.25, 0.3) is 5.57 Å². The average Bonchev–Trinajstić information content (AvgIpc) is 2.89. The topological polar surface area (TPSA) is 0 Å². The fourth-order valence-electron chi connectivity index (χ4n) is 6.73. The Morgan fingerprint density at radius 2 is 1.22 bits per heavy atom. The van der Waals surface area contributed by atoms with Gasteiger partial charge in [-0.05, 0) is 99.4 Å². The van der Waals surface area contributed by atoms with Gasteiger partial charge < -0.3 is 0 Å². The number of hydrogen-bond acceptors (Lipinski definition) is 0. The van der Waals surface area contributed by atoms with E-state index in [0.717, 1.165) is 11.3 Å². The zero-order valence-corrected chi connectivity index (χ0v) is 19.2. The molecule has 148 valence electrons. The zero-order chi connectivity index (χ0) is 19.2. The molecule has 0 N–H and O–H groups in total. The van der Waals surface area contributed by atoms with Crippen LogP contribution in [0.4, 0.5) is 0 Å². The second-order valence-corrected chi connectivity index (χ2v) is 12.9. The van der Waals surface area contributed by atoms with Crippen LogP contribution in [0, 0.1) is 13.8 Å². The molecule has 1 unspecified atom stereocenters. The van der Waals surface area contributed by atoms with E-state index in [-0.39, 0.29) is 7.92 Å². The third-order valence-electron chi connectivity index (χ3n) is 8.23. The predicted octanol–water partition coefficient (Wildman–Crippen LogP) is 8.47. The van der Waals surface area contributed by atoms with Gasteiger partial charge >= 0.3 is 0 Å². The molecule has 27 heavy (non-hydrogen) atoms. The van der Waals surface area contributed by atoms with Crippen LogP contribution in [-0.4, -0.2) is 11.3 Å². The molecule has 3 aliphatic rings. The fourth-order valence-corrected chi connectivity index (χ4v) is 11.7. The van der Waals surface area contributed by atoms with Gasteiger partial charge in [-0.1, -0.05) is 64.2 Å². The van der Waals surface area contributed by atoms with E-state index in [1.54, 1.807) is 27.8 Å². The maximum absolute atomic E-state index is 2.68. The van der Waals surface area contributed by atoms with Crippen LogP contribution < -0.4 is 0 Å². The van der Waals surface area contributed by atoms with E-state index in [4.69, 9.17) is 0 Å². The molecule has 4 rings (SSSR count). The van der Waals surface area contributed by atoms with E-state index in [2.05, 4.69) is 46.8 Å². The molecular formula is C26H39P. The Labute approximate surface area is 169 Å². The Bertz CT molecular complexity index is 713. The largest absolute Gasteiger partial charge is 0.0853 e. The summed E-state index contributed by atoms with van der Waals surface area (Å²) in [5, 5.41) is 0.314. The lowest BCUT2D eigenvalue weighted by Crippen LogP contribution is -2.33. The van der Waals surface area contributed by atoms with Crippen LogP contribution in [0.1, 0.15) is 107 Å². The van der Waals surface area contributed by atoms with Gasteiger partial charge in [0, 0.05) is 5.16 Å². The standard InChI is InChI=1S/C26H39P/c1-18-16-17-19(2)25-24(18)20(3)21(4)26(25,5)27(22-12-8-6-9-13-22)23-14-10-7-11-15-23/h16-17,22-23H,6-15H2,1-5H3. The second kappa shape index (κ2) is 7.67. The summed E-state index contributed by atoms with van der Waals surface area (Å²) >= 11 is 0. The summed E-state index contributed by atoms with van der Waals surface area (Å²) < 4.78 is 0. The monoisotopic (exact) mass is 382 g/mol. The molecule has 0 radical (unpaired) electrons. The van der Waals surface area contributed by atoms with Gasteiger partial charge in [0.1, 0.15) is 0 Å². The molecule has 1 aromatic carbocycles. The zero-order valence-electron chi connectivity index (χ0n) is 18.3. The smallest absolute Gasteiger partial charge is 0.0350 e. The Balaban J connectivity index is 1.87. The van der Waals surface area contributed by atoms with Gasteiger partial charge in [-0.3, -0.25) is 0 Å². The van der Waals surface area contributed by atoms with E-state index in [1.807, 2.05) is 0 Å². The highest BCUT2D eigenvalue weighted by molar-refractivity contribution is 7.60. The second-order valence-electron chi connectivity index (χ2n) is 9.76. The molecule has 0 spiro atoms. The van der Waals surface area contributed by atoms with E-state index >= 15 is 0 Å². The molecule has 0 saturated heterocycles. The summed E-state index contributed by atoms with van der Waals surface area (Å²) in [7, 11) is -0.0192. The lowest BCUT2D eigenvalue weighted by Gasteiger charge is -2.49. The van der Waals surface area contributed by atoms with Crippen LogP contribution in [0.3, 0.4) is 0 Å².